The third kappa shape index (κ3) is 4.83. The van der Waals surface area contributed by atoms with Crippen LogP contribution >= 0.6 is 23.2 Å². The van der Waals surface area contributed by atoms with Gasteiger partial charge in [-0.3, -0.25) is 9.52 Å². The monoisotopic (exact) mass is 460 g/mol. The molecule has 156 valence electrons. The van der Waals surface area contributed by atoms with Crippen molar-refractivity contribution in [2.24, 2.45) is 0 Å². The summed E-state index contributed by atoms with van der Waals surface area (Å²) in [7, 11) is -4.27. The number of rotatable bonds is 4. The lowest BCUT2D eigenvalue weighted by Crippen LogP contribution is -2.48. The molecule has 1 amide bonds. The van der Waals surface area contributed by atoms with Crippen molar-refractivity contribution in [3.63, 3.8) is 0 Å². The van der Waals surface area contributed by atoms with Gasteiger partial charge in [0.1, 0.15) is 10.7 Å². The Hall–Kier alpha value is -1.87. The molecule has 1 saturated heterocycles. The van der Waals surface area contributed by atoms with Crippen molar-refractivity contribution in [2.45, 2.75) is 31.0 Å². The summed E-state index contributed by atoms with van der Waals surface area (Å²) in [5.74, 6) is -1.18. The largest absolute Gasteiger partial charge is 0.372 e. The van der Waals surface area contributed by atoms with E-state index in [1.54, 1.807) is 4.90 Å². The van der Waals surface area contributed by atoms with Crippen LogP contribution < -0.4 is 4.72 Å². The quantitative estimate of drug-likeness (QED) is 0.742. The Bertz CT molecular complexity index is 1040. The molecule has 0 spiro atoms. The SMILES string of the molecule is CC1CN(C(=O)c2cc(S(=O)(=O)Nc3ccccc3F)c(Cl)cc2Cl)CC(C)O1. The third-order valence-electron chi connectivity index (χ3n) is 4.37. The van der Waals surface area contributed by atoms with Crippen LogP contribution in [-0.2, 0) is 14.8 Å². The van der Waals surface area contributed by atoms with Gasteiger partial charge in [0.15, 0.2) is 0 Å². The minimum atomic E-state index is -4.27. The smallest absolute Gasteiger partial charge is 0.263 e. The van der Waals surface area contributed by atoms with Crippen molar-refractivity contribution in [3.05, 3.63) is 57.8 Å². The van der Waals surface area contributed by atoms with Gasteiger partial charge in [-0.25, -0.2) is 12.8 Å². The summed E-state index contributed by atoms with van der Waals surface area (Å²) in [6.07, 6.45) is -0.334. The number of hydrogen-bond acceptors (Lipinski definition) is 4. The summed E-state index contributed by atoms with van der Waals surface area (Å²) in [6.45, 7) is 4.37. The third-order valence-corrected chi connectivity index (χ3v) is 6.51. The molecule has 2 unspecified atom stereocenters. The second-order valence-electron chi connectivity index (χ2n) is 6.82. The Morgan fingerprint density at radius 1 is 1.14 bits per heavy atom. The number of carbonyl (C=O) groups is 1. The number of halogens is 3. The highest BCUT2D eigenvalue weighted by atomic mass is 35.5. The Morgan fingerprint density at radius 2 is 1.76 bits per heavy atom. The zero-order valence-corrected chi connectivity index (χ0v) is 18.0. The fraction of sp³-hybridized carbons (Fsp3) is 0.316. The molecule has 6 nitrogen and oxygen atoms in total. The Labute approximate surface area is 178 Å². The van der Waals surface area contributed by atoms with Gasteiger partial charge < -0.3 is 9.64 Å². The lowest BCUT2D eigenvalue weighted by atomic mass is 10.1. The van der Waals surface area contributed by atoms with Crippen LogP contribution in [0.1, 0.15) is 24.2 Å². The van der Waals surface area contributed by atoms with Gasteiger partial charge in [-0.2, -0.15) is 0 Å². The lowest BCUT2D eigenvalue weighted by molar-refractivity contribution is -0.0586. The molecule has 1 fully saturated rings. The number of nitrogens with zero attached hydrogens (tertiary/aromatic N) is 1. The predicted octanol–water partition coefficient (Wildman–Crippen LogP) is 4.18. The number of sulfonamides is 1. The van der Waals surface area contributed by atoms with Crippen LogP contribution in [0, 0.1) is 5.82 Å². The van der Waals surface area contributed by atoms with Crippen LogP contribution in [0.2, 0.25) is 10.0 Å². The first-order valence-corrected chi connectivity index (χ1v) is 11.0. The molecular formula is C19H19Cl2FN2O4S. The summed E-state index contributed by atoms with van der Waals surface area (Å²) in [5.41, 5.74) is -0.242. The first-order chi connectivity index (χ1) is 13.6. The van der Waals surface area contributed by atoms with Crippen LogP contribution in [0.5, 0.6) is 0 Å². The van der Waals surface area contributed by atoms with Crippen molar-refractivity contribution in [1.29, 1.82) is 0 Å². The topological polar surface area (TPSA) is 75.7 Å². The van der Waals surface area contributed by atoms with Gasteiger partial charge in [-0.05, 0) is 38.1 Å². The zero-order chi connectivity index (χ0) is 21.3. The molecule has 2 atom stereocenters. The molecule has 29 heavy (non-hydrogen) atoms. The van der Waals surface area contributed by atoms with Gasteiger partial charge in [0.05, 0.1) is 33.5 Å². The van der Waals surface area contributed by atoms with E-state index in [1.165, 1.54) is 24.3 Å². The van der Waals surface area contributed by atoms with Crippen molar-refractivity contribution < 1.29 is 22.3 Å². The maximum absolute atomic E-state index is 13.9. The molecule has 10 heteroatoms. The first-order valence-electron chi connectivity index (χ1n) is 8.79. The van der Waals surface area contributed by atoms with Gasteiger partial charge in [0.25, 0.3) is 15.9 Å². The van der Waals surface area contributed by atoms with E-state index < -0.39 is 21.7 Å². The predicted molar refractivity (Wildman–Crippen MR) is 110 cm³/mol. The number of carbonyl (C=O) groups excluding carboxylic acids is 1. The molecule has 2 aromatic rings. The second kappa shape index (κ2) is 8.47. The van der Waals surface area contributed by atoms with E-state index in [1.807, 2.05) is 13.8 Å². The van der Waals surface area contributed by atoms with Crippen molar-refractivity contribution >= 4 is 44.8 Å². The average molecular weight is 461 g/mol. The Balaban J connectivity index is 1.97. The number of hydrogen-bond donors (Lipinski definition) is 1. The normalized spacial score (nSPS) is 19.8. The molecule has 1 aliphatic rings. The van der Waals surface area contributed by atoms with Gasteiger partial charge in [0, 0.05) is 13.1 Å². The second-order valence-corrected chi connectivity index (χ2v) is 9.28. The minimum absolute atomic E-state index is 0.00808. The van der Waals surface area contributed by atoms with Crippen LogP contribution in [0.4, 0.5) is 10.1 Å². The van der Waals surface area contributed by atoms with E-state index in [4.69, 9.17) is 27.9 Å². The molecule has 0 aliphatic carbocycles. The van der Waals surface area contributed by atoms with E-state index in [0.29, 0.717) is 13.1 Å². The summed E-state index contributed by atoms with van der Waals surface area (Å²) in [4.78, 5) is 14.2. The zero-order valence-electron chi connectivity index (χ0n) is 15.7. The van der Waals surface area contributed by atoms with E-state index in [9.17, 15) is 17.6 Å². The Morgan fingerprint density at radius 3 is 2.38 bits per heavy atom. The maximum atomic E-state index is 13.9. The number of amides is 1. The van der Waals surface area contributed by atoms with Crippen LogP contribution in [0.15, 0.2) is 41.3 Å². The van der Waals surface area contributed by atoms with Gasteiger partial charge >= 0.3 is 0 Å². The Kier molecular flexibility index (Phi) is 6.38. The summed E-state index contributed by atoms with van der Waals surface area (Å²) in [5, 5.41) is -0.157. The average Bonchev–Trinajstić information content (AvgIpc) is 2.62. The maximum Gasteiger partial charge on any atom is 0.263 e. The standard InChI is InChI=1S/C19H19Cl2FN2O4S/c1-11-9-24(10-12(2)28-11)19(25)13-7-18(15(21)8-14(13)20)29(26,27)23-17-6-4-3-5-16(17)22/h3-8,11-12,23H,9-10H2,1-2H3. The number of anilines is 1. The first kappa shape index (κ1) is 21.8. The number of morpholine rings is 1. The number of para-hydroxylation sites is 1. The number of ether oxygens (including phenoxy) is 1. The molecule has 0 bridgehead atoms. The van der Waals surface area contributed by atoms with Crippen LogP contribution in [0.25, 0.3) is 0 Å². The van der Waals surface area contributed by atoms with Crippen LogP contribution in [0.3, 0.4) is 0 Å². The van der Waals surface area contributed by atoms with Crippen LogP contribution in [-0.4, -0.2) is 44.5 Å². The van der Waals surface area contributed by atoms with Gasteiger partial charge in [0.2, 0.25) is 0 Å². The van der Waals surface area contributed by atoms with E-state index in [0.717, 1.165) is 12.1 Å². The van der Waals surface area contributed by atoms with Crippen molar-refractivity contribution in [2.75, 3.05) is 17.8 Å². The molecule has 0 radical (unpaired) electrons. The molecule has 1 N–H and O–H groups in total. The van der Waals surface area contributed by atoms with Gasteiger partial charge in [-0.1, -0.05) is 35.3 Å². The van der Waals surface area contributed by atoms with Gasteiger partial charge in [-0.15, -0.1) is 0 Å². The van der Waals surface area contributed by atoms with E-state index >= 15 is 0 Å². The number of nitrogens with one attached hydrogen (secondary N) is 1. The highest BCUT2D eigenvalue weighted by molar-refractivity contribution is 7.92. The summed E-state index contributed by atoms with van der Waals surface area (Å²) >= 11 is 12.3. The highest BCUT2D eigenvalue weighted by Gasteiger charge is 2.30. The molecule has 1 heterocycles. The van der Waals surface area contributed by atoms with E-state index in [2.05, 4.69) is 4.72 Å². The lowest BCUT2D eigenvalue weighted by Gasteiger charge is -2.35. The molecule has 3 rings (SSSR count). The highest BCUT2D eigenvalue weighted by Crippen LogP contribution is 2.31. The molecule has 1 aliphatic heterocycles. The van der Waals surface area contributed by atoms with Crippen molar-refractivity contribution in [1.82, 2.24) is 4.90 Å². The van der Waals surface area contributed by atoms with E-state index in [-0.39, 0.29) is 38.4 Å². The number of benzene rings is 2. The van der Waals surface area contributed by atoms with Crippen molar-refractivity contribution in [3.8, 4) is 0 Å². The fourth-order valence-electron chi connectivity index (χ4n) is 3.16. The minimum Gasteiger partial charge on any atom is -0.372 e. The summed E-state index contributed by atoms with van der Waals surface area (Å²) in [6, 6.07) is 7.63. The molecule has 0 saturated carbocycles. The summed E-state index contributed by atoms with van der Waals surface area (Å²) < 4.78 is 47.2. The fourth-order valence-corrected chi connectivity index (χ4v) is 5.08. The molecular weight excluding hydrogens is 442 g/mol. The molecule has 2 aromatic carbocycles. The molecule has 0 aromatic heterocycles.